The number of hydrogen-bond donors (Lipinski definition) is 1. The summed E-state index contributed by atoms with van der Waals surface area (Å²) in [6, 6.07) is 3.25. The van der Waals surface area contributed by atoms with Crippen molar-refractivity contribution in [2.75, 3.05) is 64.9 Å². The van der Waals surface area contributed by atoms with Crippen molar-refractivity contribution in [3.05, 3.63) is 22.7 Å². The van der Waals surface area contributed by atoms with Gasteiger partial charge < -0.3 is 24.6 Å². The molecule has 2 fully saturated rings. The number of ether oxygens (including phenoxy) is 2. The third-order valence-electron chi connectivity index (χ3n) is 5.53. The van der Waals surface area contributed by atoms with Gasteiger partial charge in [0.2, 0.25) is 5.91 Å². The third-order valence-corrected chi connectivity index (χ3v) is 5.94. The van der Waals surface area contributed by atoms with E-state index in [0.717, 1.165) is 5.56 Å². The average Bonchev–Trinajstić information content (AvgIpc) is 2.75. The van der Waals surface area contributed by atoms with Crippen LogP contribution in [0.4, 0.5) is 10.5 Å². The van der Waals surface area contributed by atoms with Gasteiger partial charge in [0.15, 0.2) is 0 Å². The number of aryl methyl sites for hydroxylation is 1. The van der Waals surface area contributed by atoms with E-state index in [1.54, 1.807) is 13.2 Å². The highest BCUT2D eigenvalue weighted by molar-refractivity contribution is 6.31. The molecule has 29 heavy (non-hydrogen) atoms. The number of carbonyl (C=O) groups is 2. The molecule has 2 heterocycles. The van der Waals surface area contributed by atoms with Crippen LogP contribution in [0.25, 0.3) is 0 Å². The van der Waals surface area contributed by atoms with Crippen molar-refractivity contribution in [1.29, 1.82) is 0 Å². The molecule has 1 aromatic carbocycles. The van der Waals surface area contributed by atoms with Crippen molar-refractivity contribution in [2.45, 2.75) is 19.9 Å². The van der Waals surface area contributed by atoms with Crippen LogP contribution in [0.15, 0.2) is 12.1 Å². The van der Waals surface area contributed by atoms with E-state index in [0.29, 0.717) is 68.9 Å². The lowest BCUT2D eigenvalue weighted by Gasteiger charge is -2.40. The lowest BCUT2D eigenvalue weighted by molar-refractivity contribution is -0.121. The van der Waals surface area contributed by atoms with E-state index in [1.165, 1.54) is 0 Å². The maximum Gasteiger partial charge on any atom is 0.320 e. The highest BCUT2D eigenvalue weighted by Crippen LogP contribution is 2.31. The lowest BCUT2D eigenvalue weighted by Crippen LogP contribution is -2.57. The highest BCUT2D eigenvalue weighted by atomic mass is 35.5. The first-order valence-corrected chi connectivity index (χ1v) is 10.3. The van der Waals surface area contributed by atoms with Crippen molar-refractivity contribution < 1.29 is 19.1 Å². The van der Waals surface area contributed by atoms with Crippen molar-refractivity contribution in [3.63, 3.8) is 0 Å². The zero-order valence-corrected chi connectivity index (χ0v) is 18.0. The van der Waals surface area contributed by atoms with Gasteiger partial charge in [0.1, 0.15) is 5.75 Å². The van der Waals surface area contributed by atoms with E-state index in [9.17, 15) is 9.59 Å². The minimum atomic E-state index is -0.323. The van der Waals surface area contributed by atoms with E-state index < -0.39 is 0 Å². The first-order chi connectivity index (χ1) is 13.9. The molecule has 1 atom stereocenters. The van der Waals surface area contributed by atoms with Gasteiger partial charge in [0, 0.05) is 50.4 Å². The van der Waals surface area contributed by atoms with E-state index >= 15 is 0 Å². The Morgan fingerprint density at radius 2 is 1.72 bits per heavy atom. The van der Waals surface area contributed by atoms with Crippen molar-refractivity contribution in [3.8, 4) is 5.75 Å². The Bertz CT molecular complexity index is 746. The predicted molar refractivity (Wildman–Crippen MR) is 112 cm³/mol. The standard InChI is InChI=1S/C20H29ClN4O4/c1-14-12-17(18(28-3)13-16(14)21)22-19(26)15(2)23-4-6-24(7-5-23)20(27)25-8-10-29-11-9-25/h12-13,15H,4-11H2,1-3H3,(H,22,26). The number of carbonyl (C=O) groups excluding carboxylic acids is 2. The summed E-state index contributed by atoms with van der Waals surface area (Å²) in [6.07, 6.45) is 0. The number of nitrogens with one attached hydrogen (secondary N) is 1. The molecule has 1 N–H and O–H groups in total. The van der Waals surface area contributed by atoms with Gasteiger partial charge in [-0.25, -0.2) is 4.79 Å². The van der Waals surface area contributed by atoms with E-state index in [4.69, 9.17) is 21.1 Å². The molecule has 0 saturated carbocycles. The number of rotatable bonds is 4. The fourth-order valence-corrected chi connectivity index (χ4v) is 3.74. The molecular weight excluding hydrogens is 396 g/mol. The monoisotopic (exact) mass is 424 g/mol. The highest BCUT2D eigenvalue weighted by Gasteiger charge is 2.30. The van der Waals surface area contributed by atoms with E-state index in [2.05, 4.69) is 10.2 Å². The molecule has 2 aliphatic heterocycles. The maximum absolute atomic E-state index is 12.8. The smallest absolute Gasteiger partial charge is 0.320 e. The third kappa shape index (κ3) is 5.12. The first-order valence-electron chi connectivity index (χ1n) is 9.91. The Morgan fingerprint density at radius 3 is 2.34 bits per heavy atom. The van der Waals surface area contributed by atoms with Gasteiger partial charge in [-0.3, -0.25) is 9.69 Å². The summed E-state index contributed by atoms with van der Waals surface area (Å²) in [4.78, 5) is 31.2. The molecule has 160 valence electrons. The van der Waals surface area contributed by atoms with E-state index in [-0.39, 0.29) is 18.0 Å². The van der Waals surface area contributed by atoms with Crippen LogP contribution in [0.5, 0.6) is 5.75 Å². The SMILES string of the molecule is COc1cc(Cl)c(C)cc1NC(=O)C(C)N1CCN(C(=O)N2CCOCC2)CC1. The Hall–Kier alpha value is -2.03. The Morgan fingerprint density at radius 1 is 1.10 bits per heavy atom. The molecule has 0 aliphatic carbocycles. The van der Waals surface area contributed by atoms with Gasteiger partial charge in [-0.1, -0.05) is 11.6 Å². The van der Waals surface area contributed by atoms with Crippen LogP contribution in [0.2, 0.25) is 5.02 Å². The number of nitrogens with zero attached hydrogens (tertiary/aromatic N) is 3. The van der Waals surface area contributed by atoms with Gasteiger partial charge in [0.25, 0.3) is 0 Å². The number of morpholine rings is 1. The molecule has 2 saturated heterocycles. The fraction of sp³-hybridized carbons (Fsp3) is 0.600. The Kier molecular flexibility index (Phi) is 7.21. The van der Waals surface area contributed by atoms with E-state index in [1.807, 2.05) is 29.7 Å². The number of methoxy groups -OCH3 is 1. The van der Waals surface area contributed by atoms with Crippen LogP contribution in [0, 0.1) is 6.92 Å². The Balaban J connectivity index is 1.55. The lowest BCUT2D eigenvalue weighted by atomic mass is 10.1. The quantitative estimate of drug-likeness (QED) is 0.800. The van der Waals surface area contributed by atoms with Crippen LogP contribution in [-0.2, 0) is 9.53 Å². The number of piperazine rings is 1. The molecule has 1 aromatic rings. The van der Waals surface area contributed by atoms with Crippen molar-refractivity contribution in [1.82, 2.24) is 14.7 Å². The molecule has 8 nitrogen and oxygen atoms in total. The summed E-state index contributed by atoms with van der Waals surface area (Å²) in [6.45, 7) is 8.75. The van der Waals surface area contributed by atoms with Crippen molar-refractivity contribution >= 4 is 29.2 Å². The zero-order valence-electron chi connectivity index (χ0n) is 17.2. The zero-order chi connectivity index (χ0) is 21.0. The van der Waals surface area contributed by atoms with Gasteiger partial charge in [0.05, 0.1) is 32.1 Å². The topological polar surface area (TPSA) is 74.4 Å². The average molecular weight is 425 g/mol. The number of urea groups is 1. The van der Waals surface area contributed by atoms with Gasteiger partial charge in [-0.15, -0.1) is 0 Å². The summed E-state index contributed by atoms with van der Waals surface area (Å²) in [5, 5.41) is 3.54. The van der Waals surface area contributed by atoms with Gasteiger partial charge in [-0.2, -0.15) is 0 Å². The van der Waals surface area contributed by atoms with Crippen LogP contribution in [-0.4, -0.2) is 92.3 Å². The molecule has 0 spiro atoms. The maximum atomic E-state index is 12.8. The summed E-state index contributed by atoms with van der Waals surface area (Å²) in [5.74, 6) is 0.417. The minimum Gasteiger partial charge on any atom is -0.495 e. The number of anilines is 1. The molecular formula is C20H29ClN4O4. The van der Waals surface area contributed by atoms with Gasteiger partial charge in [-0.05, 0) is 25.5 Å². The second kappa shape index (κ2) is 9.65. The second-order valence-electron chi connectivity index (χ2n) is 7.37. The molecule has 0 radical (unpaired) electrons. The molecule has 9 heteroatoms. The minimum absolute atomic E-state index is 0.0615. The fourth-order valence-electron chi connectivity index (χ4n) is 3.59. The largest absolute Gasteiger partial charge is 0.495 e. The summed E-state index contributed by atoms with van der Waals surface area (Å²) in [7, 11) is 1.55. The van der Waals surface area contributed by atoms with Gasteiger partial charge >= 0.3 is 6.03 Å². The van der Waals surface area contributed by atoms with Crippen LogP contribution in [0.1, 0.15) is 12.5 Å². The number of amides is 3. The normalized spacial score (nSPS) is 19.0. The first kappa shape index (κ1) is 21.7. The molecule has 3 amide bonds. The van der Waals surface area contributed by atoms with Crippen LogP contribution < -0.4 is 10.1 Å². The molecule has 3 rings (SSSR count). The second-order valence-corrected chi connectivity index (χ2v) is 7.78. The Labute approximate surface area is 176 Å². The molecule has 1 unspecified atom stereocenters. The van der Waals surface area contributed by atoms with Crippen LogP contribution >= 0.6 is 11.6 Å². The van der Waals surface area contributed by atoms with Crippen LogP contribution in [0.3, 0.4) is 0 Å². The summed E-state index contributed by atoms with van der Waals surface area (Å²) < 4.78 is 10.6. The summed E-state index contributed by atoms with van der Waals surface area (Å²) in [5.41, 5.74) is 1.47. The van der Waals surface area contributed by atoms with Crippen molar-refractivity contribution in [2.24, 2.45) is 0 Å². The molecule has 0 bridgehead atoms. The predicted octanol–water partition coefficient (Wildman–Crippen LogP) is 2.05. The number of halogens is 1. The molecule has 0 aromatic heterocycles. The number of benzene rings is 1. The molecule has 2 aliphatic rings. The number of hydrogen-bond acceptors (Lipinski definition) is 5. The summed E-state index contributed by atoms with van der Waals surface area (Å²) >= 11 is 6.14.